The summed E-state index contributed by atoms with van der Waals surface area (Å²) in [5.41, 5.74) is 9.19. The summed E-state index contributed by atoms with van der Waals surface area (Å²) in [4.78, 5) is 14.9. The van der Waals surface area contributed by atoms with Crippen LogP contribution in [0, 0.1) is 11.3 Å². The fraction of sp³-hybridized carbons (Fsp3) is 0.200. The van der Waals surface area contributed by atoms with E-state index in [1.54, 1.807) is 6.92 Å². The Morgan fingerprint density at radius 3 is 3.00 bits per heavy atom. The van der Waals surface area contributed by atoms with Crippen molar-refractivity contribution in [3.05, 3.63) is 39.4 Å². The molecule has 1 aromatic heterocycles. The molecule has 5 nitrogen and oxygen atoms in total. The summed E-state index contributed by atoms with van der Waals surface area (Å²) >= 11 is 2.61. The zero-order valence-electron chi connectivity index (χ0n) is 12.0. The van der Waals surface area contributed by atoms with Crippen LogP contribution in [0.3, 0.4) is 0 Å². The zero-order valence-corrected chi connectivity index (χ0v) is 13.7. The third-order valence-electron chi connectivity index (χ3n) is 3.23. The number of esters is 1. The third-order valence-corrected chi connectivity index (χ3v) is 5.58. The highest BCUT2D eigenvalue weighted by Crippen LogP contribution is 2.53. The van der Waals surface area contributed by atoms with Crippen LogP contribution in [0.25, 0.3) is 0 Å². The van der Waals surface area contributed by atoms with Gasteiger partial charge in [-0.3, -0.25) is 0 Å². The van der Waals surface area contributed by atoms with Gasteiger partial charge in [-0.1, -0.05) is 11.8 Å². The summed E-state index contributed by atoms with van der Waals surface area (Å²) in [6.07, 6.45) is 5.76. The van der Waals surface area contributed by atoms with Gasteiger partial charge in [-0.05, 0) is 31.6 Å². The molecule has 0 unspecified atom stereocenters. The van der Waals surface area contributed by atoms with E-state index in [9.17, 15) is 10.1 Å². The van der Waals surface area contributed by atoms with E-state index in [4.69, 9.17) is 10.5 Å². The molecule has 2 N–H and O–H groups in total. The number of hydrogen-bond donors (Lipinski definition) is 1. The van der Waals surface area contributed by atoms with Crippen molar-refractivity contribution in [3.63, 3.8) is 0 Å². The molecule has 0 fully saturated rings. The number of hydrogen-bond acceptors (Lipinski definition) is 7. The summed E-state index contributed by atoms with van der Waals surface area (Å²) in [5, 5.41) is 9.38. The van der Waals surface area contributed by atoms with Gasteiger partial charge < -0.3 is 15.4 Å². The third kappa shape index (κ3) is 2.21. The minimum Gasteiger partial charge on any atom is -0.462 e. The van der Waals surface area contributed by atoms with Gasteiger partial charge in [0.25, 0.3) is 0 Å². The number of allylic oxidation sites excluding steroid dienone is 4. The number of nitrogen functional groups attached to an aromatic ring is 1. The van der Waals surface area contributed by atoms with Crippen molar-refractivity contribution in [2.75, 3.05) is 17.2 Å². The molecule has 7 heteroatoms. The summed E-state index contributed by atoms with van der Waals surface area (Å²) in [5.74, 6) is -0.423. The molecular formula is C15H13N3O2S2. The minimum absolute atomic E-state index is 0.298. The number of rotatable bonds is 2. The Morgan fingerprint density at radius 1 is 1.55 bits per heavy atom. The molecule has 0 spiro atoms. The van der Waals surface area contributed by atoms with Crippen molar-refractivity contribution in [1.82, 2.24) is 0 Å². The van der Waals surface area contributed by atoms with Crippen LogP contribution in [-0.4, -0.2) is 12.6 Å². The Morgan fingerprint density at radius 2 is 2.32 bits per heavy atom. The normalized spacial score (nSPS) is 15.9. The summed E-state index contributed by atoms with van der Waals surface area (Å²) < 4.78 is 5.88. The van der Waals surface area contributed by atoms with Crippen LogP contribution >= 0.6 is 23.1 Å². The summed E-state index contributed by atoms with van der Waals surface area (Å²) in [7, 11) is 0. The Bertz CT molecular complexity index is 796. The van der Waals surface area contributed by atoms with Gasteiger partial charge in [0, 0.05) is 6.20 Å². The molecular weight excluding hydrogens is 318 g/mol. The van der Waals surface area contributed by atoms with E-state index in [1.165, 1.54) is 23.1 Å². The number of fused-ring (bicyclic) bond motifs is 3. The van der Waals surface area contributed by atoms with E-state index >= 15 is 0 Å². The van der Waals surface area contributed by atoms with E-state index in [2.05, 4.69) is 6.07 Å². The van der Waals surface area contributed by atoms with Gasteiger partial charge in [0.15, 0.2) is 0 Å². The molecule has 0 atom stereocenters. The van der Waals surface area contributed by atoms with Gasteiger partial charge in [0.05, 0.1) is 27.9 Å². The lowest BCUT2D eigenvalue weighted by Crippen LogP contribution is -2.21. The van der Waals surface area contributed by atoms with Crippen molar-refractivity contribution in [2.24, 2.45) is 0 Å². The lowest BCUT2D eigenvalue weighted by molar-refractivity contribution is 0.0533. The molecule has 112 valence electrons. The number of nitrogens with two attached hydrogens (primary N) is 1. The van der Waals surface area contributed by atoms with Crippen molar-refractivity contribution in [3.8, 4) is 6.07 Å². The van der Waals surface area contributed by atoms with Crippen LogP contribution in [0.15, 0.2) is 38.7 Å². The molecule has 3 rings (SSSR count). The number of carbonyl (C=O) groups is 1. The Kier molecular flexibility index (Phi) is 3.72. The van der Waals surface area contributed by atoms with E-state index in [0.29, 0.717) is 22.1 Å². The molecule has 22 heavy (non-hydrogen) atoms. The standard InChI is InChI=1S/C15H13N3O2S2/c1-3-20-14(19)13-11(17)12-15(22-13)21-10(7-16)9-6-8(2)4-5-18(9)12/h4-6H,3,17H2,1-2H3. The Labute approximate surface area is 136 Å². The highest BCUT2D eigenvalue weighted by Gasteiger charge is 2.32. The van der Waals surface area contributed by atoms with E-state index in [-0.39, 0.29) is 0 Å². The van der Waals surface area contributed by atoms with Crippen LogP contribution in [0.2, 0.25) is 0 Å². The second-order valence-electron chi connectivity index (χ2n) is 4.70. The molecule has 0 saturated heterocycles. The number of nitrogens with zero attached hydrogens (tertiary/aromatic N) is 2. The van der Waals surface area contributed by atoms with Crippen LogP contribution in [0.5, 0.6) is 0 Å². The fourth-order valence-electron chi connectivity index (χ4n) is 2.26. The highest BCUT2D eigenvalue weighted by atomic mass is 32.2. The zero-order chi connectivity index (χ0) is 15.9. The van der Waals surface area contributed by atoms with Gasteiger partial charge in [-0.2, -0.15) is 5.26 Å². The predicted molar refractivity (Wildman–Crippen MR) is 88.6 cm³/mol. The molecule has 2 aliphatic heterocycles. The van der Waals surface area contributed by atoms with Gasteiger partial charge in [0.2, 0.25) is 0 Å². The largest absolute Gasteiger partial charge is 0.462 e. The molecule has 0 radical (unpaired) electrons. The molecule has 1 aromatic rings. The second-order valence-corrected chi connectivity index (χ2v) is 7.00. The molecule has 2 aliphatic rings. The van der Waals surface area contributed by atoms with Gasteiger partial charge in [-0.15, -0.1) is 11.3 Å². The van der Waals surface area contributed by atoms with Crippen LogP contribution in [-0.2, 0) is 4.74 Å². The first-order chi connectivity index (χ1) is 10.6. The lowest BCUT2D eigenvalue weighted by Gasteiger charge is -2.29. The Hall–Kier alpha value is -2.17. The average Bonchev–Trinajstić information content (AvgIpc) is 2.83. The maximum Gasteiger partial charge on any atom is 0.350 e. The molecule has 0 saturated carbocycles. The topological polar surface area (TPSA) is 79.3 Å². The Balaban J connectivity index is 2.12. The van der Waals surface area contributed by atoms with Gasteiger partial charge in [0.1, 0.15) is 15.9 Å². The van der Waals surface area contributed by atoms with Crippen molar-refractivity contribution in [1.29, 1.82) is 5.26 Å². The molecule has 0 bridgehead atoms. The van der Waals surface area contributed by atoms with Crippen molar-refractivity contribution >= 4 is 40.4 Å². The fourth-order valence-corrected chi connectivity index (χ4v) is 4.56. The van der Waals surface area contributed by atoms with Crippen LogP contribution in [0.1, 0.15) is 23.5 Å². The van der Waals surface area contributed by atoms with Crippen LogP contribution < -0.4 is 10.6 Å². The SMILES string of the molecule is CCOC(=O)c1sc2c(c1N)N1C=CC(C)=CC1=C(C#N)S2. The quantitative estimate of drug-likeness (QED) is 0.834. The van der Waals surface area contributed by atoms with E-state index in [1.807, 2.05) is 30.2 Å². The molecule has 3 heterocycles. The second kappa shape index (κ2) is 5.55. The van der Waals surface area contributed by atoms with Crippen molar-refractivity contribution < 1.29 is 9.53 Å². The first-order valence-electron chi connectivity index (χ1n) is 6.64. The first kappa shape index (κ1) is 14.8. The first-order valence-corrected chi connectivity index (χ1v) is 8.27. The highest BCUT2D eigenvalue weighted by molar-refractivity contribution is 8.05. The van der Waals surface area contributed by atoms with Gasteiger partial charge >= 0.3 is 5.97 Å². The van der Waals surface area contributed by atoms with E-state index < -0.39 is 5.97 Å². The summed E-state index contributed by atoms with van der Waals surface area (Å²) in [6, 6.07) is 2.22. The summed E-state index contributed by atoms with van der Waals surface area (Å²) in [6.45, 7) is 4.02. The predicted octanol–water partition coefficient (Wildman–Crippen LogP) is 3.63. The number of thioether (sulfide) groups is 1. The molecule has 0 aromatic carbocycles. The smallest absolute Gasteiger partial charge is 0.350 e. The number of ether oxygens (including phenoxy) is 1. The molecule has 0 aliphatic carbocycles. The number of anilines is 2. The minimum atomic E-state index is -0.423. The number of carbonyl (C=O) groups excluding carboxylic acids is 1. The monoisotopic (exact) mass is 331 g/mol. The number of thiophene rings is 1. The average molecular weight is 331 g/mol. The maximum atomic E-state index is 12.0. The maximum absolute atomic E-state index is 12.0. The van der Waals surface area contributed by atoms with Crippen molar-refractivity contribution in [2.45, 2.75) is 18.1 Å². The number of nitriles is 1. The van der Waals surface area contributed by atoms with Gasteiger partial charge in [-0.25, -0.2) is 4.79 Å². The van der Waals surface area contributed by atoms with Crippen LogP contribution in [0.4, 0.5) is 11.4 Å². The lowest BCUT2D eigenvalue weighted by atomic mass is 10.1. The molecule has 0 amide bonds. The van der Waals surface area contributed by atoms with E-state index in [0.717, 1.165) is 21.2 Å².